The number of pyridine rings is 1. The minimum absolute atomic E-state index is 0.645. The van der Waals surface area contributed by atoms with E-state index in [1.165, 1.54) is 19.4 Å². The van der Waals surface area contributed by atoms with Gasteiger partial charge in [0, 0.05) is 24.7 Å². The van der Waals surface area contributed by atoms with E-state index in [0.29, 0.717) is 11.5 Å². The fourth-order valence-electron chi connectivity index (χ4n) is 2.97. The molecule has 20 heavy (non-hydrogen) atoms. The molecule has 3 heterocycles. The number of piperidine rings is 1. The summed E-state index contributed by atoms with van der Waals surface area (Å²) in [5, 5.41) is 4.50. The predicted molar refractivity (Wildman–Crippen MR) is 76.9 cm³/mol. The summed E-state index contributed by atoms with van der Waals surface area (Å²) in [6.07, 6.45) is 6.09. The van der Waals surface area contributed by atoms with Crippen LogP contribution in [0, 0.1) is 5.92 Å². The highest BCUT2D eigenvalue weighted by molar-refractivity contribution is 5.76. The third-order valence-electron chi connectivity index (χ3n) is 4.06. The molecule has 5 nitrogen and oxygen atoms in total. The first-order valence-corrected chi connectivity index (χ1v) is 7.31. The number of carbonyl (C=O) groups excluding carboxylic acids is 1. The van der Waals surface area contributed by atoms with E-state index in [1.807, 2.05) is 0 Å². The van der Waals surface area contributed by atoms with Crippen molar-refractivity contribution >= 4 is 11.9 Å². The minimum atomic E-state index is 0.645. The van der Waals surface area contributed by atoms with E-state index in [9.17, 15) is 4.79 Å². The van der Waals surface area contributed by atoms with Gasteiger partial charge >= 0.3 is 0 Å². The maximum absolute atomic E-state index is 10.8. The van der Waals surface area contributed by atoms with Crippen molar-refractivity contribution in [3.8, 4) is 0 Å². The highest BCUT2D eigenvalue weighted by atomic mass is 16.1. The van der Waals surface area contributed by atoms with Crippen molar-refractivity contribution in [1.29, 1.82) is 0 Å². The molecule has 0 bridgehead atoms. The van der Waals surface area contributed by atoms with Gasteiger partial charge in [-0.2, -0.15) is 5.10 Å². The molecule has 0 amide bonds. The standard InChI is InChI=1S/C15H20N4O/c1-2-18-6-3-4-12(10-18)8-14-16-15-9-13(11-20)5-7-19(15)17-14/h5,7,9,11-12H,2-4,6,8,10H2,1H3. The lowest BCUT2D eigenvalue weighted by molar-refractivity contribution is 0.112. The van der Waals surface area contributed by atoms with E-state index < -0.39 is 0 Å². The van der Waals surface area contributed by atoms with E-state index in [4.69, 9.17) is 0 Å². The van der Waals surface area contributed by atoms with Crippen molar-refractivity contribution in [2.45, 2.75) is 26.2 Å². The lowest BCUT2D eigenvalue weighted by Crippen LogP contribution is -2.36. The summed E-state index contributed by atoms with van der Waals surface area (Å²) in [6, 6.07) is 3.54. The molecule has 1 saturated heterocycles. The first-order valence-electron chi connectivity index (χ1n) is 7.31. The van der Waals surface area contributed by atoms with Gasteiger partial charge in [0.15, 0.2) is 11.5 Å². The van der Waals surface area contributed by atoms with Gasteiger partial charge in [0.2, 0.25) is 0 Å². The summed E-state index contributed by atoms with van der Waals surface area (Å²) >= 11 is 0. The molecular weight excluding hydrogens is 252 g/mol. The van der Waals surface area contributed by atoms with Gasteiger partial charge in [-0.3, -0.25) is 4.79 Å². The van der Waals surface area contributed by atoms with Crippen molar-refractivity contribution in [3.63, 3.8) is 0 Å². The lowest BCUT2D eigenvalue weighted by atomic mass is 9.94. The van der Waals surface area contributed by atoms with Crippen LogP contribution in [0.25, 0.3) is 5.65 Å². The molecule has 3 rings (SSSR count). The van der Waals surface area contributed by atoms with Crippen molar-refractivity contribution in [2.24, 2.45) is 5.92 Å². The fourth-order valence-corrected chi connectivity index (χ4v) is 2.97. The molecule has 0 aromatic carbocycles. The van der Waals surface area contributed by atoms with Crippen LogP contribution >= 0.6 is 0 Å². The number of hydrogen-bond donors (Lipinski definition) is 0. The van der Waals surface area contributed by atoms with E-state index >= 15 is 0 Å². The maximum Gasteiger partial charge on any atom is 0.156 e. The summed E-state index contributed by atoms with van der Waals surface area (Å²) in [6.45, 7) is 5.70. The molecule has 0 saturated carbocycles. The molecule has 106 valence electrons. The number of rotatable bonds is 4. The number of nitrogens with zero attached hydrogens (tertiary/aromatic N) is 4. The number of likely N-dealkylation sites (tertiary alicyclic amines) is 1. The van der Waals surface area contributed by atoms with Crippen LogP contribution < -0.4 is 0 Å². The quantitative estimate of drug-likeness (QED) is 0.797. The molecule has 2 aromatic rings. The molecule has 0 spiro atoms. The third kappa shape index (κ3) is 2.72. The topological polar surface area (TPSA) is 50.5 Å². The van der Waals surface area contributed by atoms with E-state index in [1.54, 1.807) is 22.8 Å². The predicted octanol–water partition coefficient (Wildman–Crippen LogP) is 1.82. The number of aldehydes is 1. The molecule has 1 fully saturated rings. The van der Waals surface area contributed by atoms with Gasteiger partial charge in [0.05, 0.1) is 0 Å². The molecular formula is C15H20N4O. The Morgan fingerprint density at radius 2 is 2.40 bits per heavy atom. The molecule has 1 aliphatic rings. The molecule has 5 heteroatoms. The number of hydrogen-bond acceptors (Lipinski definition) is 4. The first kappa shape index (κ1) is 13.2. The van der Waals surface area contributed by atoms with E-state index in [-0.39, 0.29) is 0 Å². The zero-order valence-corrected chi connectivity index (χ0v) is 11.8. The Kier molecular flexibility index (Phi) is 3.78. The Labute approximate surface area is 118 Å². The number of fused-ring (bicyclic) bond motifs is 1. The highest BCUT2D eigenvalue weighted by Crippen LogP contribution is 2.19. The lowest BCUT2D eigenvalue weighted by Gasteiger charge is -2.31. The Morgan fingerprint density at radius 3 is 3.20 bits per heavy atom. The van der Waals surface area contributed by atoms with Crippen molar-refractivity contribution in [2.75, 3.05) is 19.6 Å². The number of carbonyl (C=O) groups is 1. The molecule has 0 radical (unpaired) electrons. The molecule has 0 N–H and O–H groups in total. The average molecular weight is 272 g/mol. The van der Waals surface area contributed by atoms with Gasteiger partial charge in [0.1, 0.15) is 6.29 Å². The second kappa shape index (κ2) is 5.71. The zero-order chi connectivity index (χ0) is 13.9. The minimum Gasteiger partial charge on any atom is -0.303 e. The van der Waals surface area contributed by atoms with Crippen LogP contribution in [-0.2, 0) is 6.42 Å². The SMILES string of the molecule is CCN1CCCC(Cc2nc3cc(C=O)ccn3n2)C1. The first-order chi connectivity index (χ1) is 9.78. The second-order valence-corrected chi connectivity index (χ2v) is 5.51. The van der Waals surface area contributed by atoms with Gasteiger partial charge in [-0.1, -0.05) is 6.92 Å². The van der Waals surface area contributed by atoms with Crippen LogP contribution in [0.4, 0.5) is 0 Å². The van der Waals surface area contributed by atoms with E-state index in [0.717, 1.165) is 37.3 Å². The summed E-state index contributed by atoms with van der Waals surface area (Å²) in [5.74, 6) is 1.53. The third-order valence-corrected chi connectivity index (χ3v) is 4.06. The second-order valence-electron chi connectivity index (χ2n) is 5.51. The normalized spacial score (nSPS) is 20.4. The Balaban J connectivity index is 1.75. The molecule has 1 aliphatic heterocycles. The largest absolute Gasteiger partial charge is 0.303 e. The van der Waals surface area contributed by atoms with Crippen LogP contribution in [0.1, 0.15) is 35.9 Å². The summed E-state index contributed by atoms with van der Waals surface area (Å²) < 4.78 is 1.75. The smallest absolute Gasteiger partial charge is 0.156 e. The van der Waals surface area contributed by atoms with Gasteiger partial charge in [-0.25, -0.2) is 9.50 Å². The zero-order valence-electron chi connectivity index (χ0n) is 11.8. The molecule has 1 atom stereocenters. The van der Waals surface area contributed by atoms with E-state index in [2.05, 4.69) is 21.9 Å². The van der Waals surface area contributed by atoms with Gasteiger partial charge < -0.3 is 4.90 Å². The van der Waals surface area contributed by atoms with Gasteiger partial charge in [0.25, 0.3) is 0 Å². The van der Waals surface area contributed by atoms with Crippen LogP contribution in [0.3, 0.4) is 0 Å². The molecule has 2 aromatic heterocycles. The summed E-state index contributed by atoms with van der Waals surface area (Å²) in [7, 11) is 0. The Morgan fingerprint density at radius 1 is 1.50 bits per heavy atom. The van der Waals surface area contributed by atoms with Crippen molar-refractivity contribution < 1.29 is 4.79 Å². The van der Waals surface area contributed by atoms with Crippen LogP contribution in [0.2, 0.25) is 0 Å². The van der Waals surface area contributed by atoms with Crippen LogP contribution in [0.15, 0.2) is 18.3 Å². The van der Waals surface area contributed by atoms with Crippen molar-refractivity contribution in [1.82, 2.24) is 19.5 Å². The Hall–Kier alpha value is -1.75. The highest BCUT2D eigenvalue weighted by Gasteiger charge is 2.20. The van der Waals surface area contributed by atoms with Crippen LogP contribution in [0.5, 0.6) is 0 Å². The van der Waals surface area contributed by atoms with Crippen LogP contribution in [-0.4, -0.2) is 45.4 Å². The summed E-state index contributed by atoms with van der Waals surface area (Å²) in [4.78, 5) is 17.8. The van der Waals surface area contributed by atoms with Gasteiger partial charge in [-0.05, 0) is 44.0 Å². The Bertz CT molecular complexity index is 607. The van der Waals surface area contributed by atoms with Gasteiger partial charge in [-0.15, -0.1) is 0 Å². The van der Waals surface area contributed by atoms with Crippen molar-refractivity contribution in [3.05, 3.63) is 29.7 Å². The molecule has 1 unspecified atom stereocenters. The fraction of sp³-hybridized carbons (Fsp3) is 0.533. The maximum atomic E-state index is 10.8. The number of aromatic nitrogens is 3. The summed E-state index contributed by atoms with van der Waals surface area (Å²) in [5.41, 5.74) is 1.40. The molecule has 0 aliphatic carbocycles. The monoisotopic (exact) mass is 272 g/mol. The average Bonchev–Trinajstić information content (AvgIpc) is 2.88.